The molecule has 1 aromatic carbocycles. The van der Waals surface area contributed by atoms with E-state index in [9.17, 15) is 13.2 Å². The number of esters is 1. The number of nitrogens with one attached hydrogen (secondary N) is 1. The molecule has 1 N–H and O–H groups in total. The lowest BCUT2D eigenvalue weighted by molar-refractivity contribution is -0.137. The van der Waals surface area contributed by atoms with Crippen molar-refractivity contribution < 1.29 is 17.9 Å². The number of nitrogens with zero attached hydrogens (tertiary/aromatic N) is 1. The molecule has 0 unspecified atom stereocenters. The van der Waals surface area contributed by atoms with Crippen LogP contribution in [0.4, 0.5) is 0 Å². The van der Waals surface area contributed by atoms with Crippen molar-refractivity contribution in [2.45, 2.75) is 6.92 Å². The zero-order valence-corrected chi connectivity index (χ0v) is 11.0. The Morgan fingerprint density at radius 2 is 2.00 bits per heavy atom. The van der Waals surface area contributed by atoms with E-state index in [-0.39, 0.29) is 17.9 Å². The maximum atomic E-state index is 11.8. The highest BCUT2D eigenvalue weighted by molar-refractivity contribution is 7.88. The third-order valence-electron chi connectivity index (χ3n) is 2.38. The van der Waals surface area contributed by atoms with Crippen LogP contribution in [0, 0.1) is 0 Å². The lowest BCUT2D eigenvalue weighted by Gasteiger charge is -2.16. The number of hydrogen-bond donors (Lipinski definition) is 1. The van der Waals surface area contributed by atoms with Crippen molar-refractivity contribution >= 4 is 28.1 Å². The van der Waals surface area contributed by atoms with Gasteiger partial charge in [-0.1, -0.05) is 30.3 Å². The van der Waals surface area contributed by atoms with Crippen LogP contribution in [-0.4, -0.2) is 27.2 Å². The maximum absolute atomic E-state index is 11.8. The summed E-state index contributed by atoms with van der Waals surface area (Å²) in [6.07, 6.45) is 1.01. The van der Waals surface area contributed by atoms with E-state index in [2.05, 4.69) is 9.12 Å². The Morgan fingerprint density at radius 3 is 2.63 bits per heavy atom. The van der Waals surface area contributed by atoms with Gasteiger partial charge < -0.3 is 4.74 Å². The molecule has 0 aliphatic carbocycles. The molecule has 0 fully saturated rings. The molecular weight excluding hydrogens is 268 g/mol. The standard InChI is InChI=1S/C12H12N2O4S/c1-2-18-12(15)10-8-13-19(16,17)14-11(10)9-6-4-3-5-7-9/h3-8,14H,2H2,1H3. The van der Waals surface area contributed by atoms with Gasteiger partial charge in [0.1, 0.15) is 5.57 Å². The van der Waals surface area contributed by atoms with E-state index in [4.69, 9.17) is 4.74 Å². The number of ether oxygens (including phenoxy) is 1. The quantitative estimate of drug-likeness (QED) is 0.833. The monoisotopic (exact) mass is 280 g/mol. The third-order valence-corrected chi connectivity index (χ3v) is 3.22. The average molecular weight is 280 g/mol. The van der Waals surface area contributed by atoms with E-state index in [0.29, 0.717) is 5.56 Å². The fourth-order valence-corrected chi connectivity index (χ4v) is 2.36. The van der Waals surface area contributed by atoms with Crippen molar-refractivity contribution in [1.29, 1.82) is 0 Å². The minimum absolute atomic E-state index is 0.0860. The van der Waals surface area contributed by atoms with E-state index in [1.807, 2.05) is 0 Å². The van der Waals surface area contributed by atoms with Gasteiger partial charge in [-0.15, -0.1) is 0 Å². The first kappa shape index (κ1) is 13.3. The van der Waals surface area contributed by atoms with Crippen LogP contribution in [-0.2, 0) is 19.7 Å². The maximum Gasteiger partial charge on any atom is 0.342 e. The van der Waals surface area contributed by atoms with E-state index in [1.54, 1.807) is 37.3 Å². The number of rotatable bonds is 3. The summed E-state index contributed by atoms with van der Waals surface area (Å²) in [5.41, 5.74) is 0.831. The van der Waals surface area contributed by atoms with Crippen molar-refractivity contribution in [3.63, 3.8) is 0 Å². The minimum atomic E-state index is -3.81. The number of carbonyl (C=O) groups excluding carboxylic acids is 1. The second kappa shape index (κ2) is 5.23. The number of carbonyl (C=O) groups is 1. The third kappa shape index (κ3) is 3.00. The Kier molecular flexibility index (Phi) is 3.66. The van der Waals surface area contributed by atoms with Gasteiger partial charge >= 0.3 is 16.2 Å². The van der Waals surface area contributed by atoms with Gasteiger partial charge in [0.2, 0.25) is 0 Å². The molecule has 0 saturated heterocycles. The Morgan fingerprint density at radius 1 is 1.32 bits per heavy atom. The van der Waals surface area contributed by atoms with Crippen LogP contribution < -0.4 is 4.72 Å². The van der Waals surface area contributed by atoms with Gasteiger partial charge in [-0.25, -0.2) is 4.79 Å². The molecule has 0 atom stereocenters. The summed E-state index contributed by atoms with van der Waals surface area (Å²) in [4.78, 5) is 11.8. The predicted molar refractivity (Wildman–Crippen MR) is 70.5 cm³/mol. The molecule has 1 aromatic rings. The van der Waals surface area contributed by atoms with Gasteiger partial charge in [0.05, 0.1) is 18.5 Å². The van der Waals surface area contributed by atoms with E-state index >= 15 is 0 Å². The van der Waals surface area contributed by atoms with Crippen molar-refractivity contribution in [3.05, 3.63) is 41.5 Å². The molecule has 6 nitrogen and oxygen atoms in total. The predicted octanol–water partition coefficient (Wildman–Crippen LogP) is 0.880. The van der Waals surface area contributed by atoms with Gasteiger partial charge in [-0.2, -0.15) is 12.8 Å². The van der Waals surface area contributed by atoms with E-state index in [1.165, 1.54) is 0 Å². The van der Waals surface area contributed by atoms with Crippen LogP contribution in [0.15, 0.2) is 40.3 Å². The first-order chi connectivity index (χ1) is 9.03. The Balaban J connectivity index is 2.52. The lowest BCUT2D eigenvalue weighted by Crippen LogP contribution is -2.28. The first-order valence-corrected chi connectivity index (χ1v) is 7.02. The second-order valence-electron chi connectivity index (χ2n) is 3.69. The summed E-state index contributed by atoms with van der Waals surface area (Å²) >= 11 is 0. The first-order valence-electron chi connectivity index (χ1n) is 5.58. The van der Waals surface area contributed by atoms with Crippen LogP contribution in [0.2, 0.25) is 0 Å². The van der Waals surface area contributed by atoms with Crippen LogP contribution >= 0.6 is 0 Å². The molecule has 1 aliphatic heterocycles. The lowest BCUT2D eigenvalue weighted by atomic mass is 10.1. The van der Waals surface area contributed by atoms with E-state index < -0.39 is 16.2 Å². The van der Waals surface area contributed by atoms with Crippen LogP contribution in [0.25, 0.3) is 5.70 Å². The zero-order valence-electron chi connectivity index (χ0n) is 10.2. The molecule has 0 aromatic heterocycles. The molecule has 1 aliphatic rings. The zero-order chi connectivity index (χ0) is 13.9. The van der Waals surface area contributed by atoms with Crippen LogP contribution in [0.5, 0.6) is 0 Å². The van der Waals surface area contributed by atoms with Gasteiger partial charge in [-0.05, 0) is 12.5 Å². The summed E-state index contributed by atoms with van der Waals surface area (Å²) in [5.74, 6) is -0.618. The summed E-state index contributed by atoms with van der Waals surface area (Å²) in [6, 6.07) is 8.66. The summed E-state index contributed by atoms with van der Waals surface area (Å²) in [6.45, 7) is 1.87. The number of hydrogen-bond acceptors (Lipinski definition) is 4. The number of benzene rings is 1. The highest BCUT2D eigenvalue weighted by Crippen LogP contribution is 2.20. The molecule has 0 amide bonds. The average Bonchev–Trinajstić information content (AvgIpc) is 2.39. The van der Waals surface area contributed by atoms with Gasteiger partial charge in [0.25, 0.3) is 0 Å². The largest absolute Gasteiger partial charge is 0.462 e. The minimum Gasteiger partial charge on any atom is -0.462 e. The van der Waals surface area contributed by atoms with Crippen molar-refractivity contribution in [3.8, 4) is 0 Å². The fraction of sp³-hybridized carbons (Fsp3) is 0.167. The smallest absolute Gasteiger partial charge is 0.342 e. The second-order valence-corrected chi connectivity index (χ2v) is 5.05. The molecule has 1 heterocycles. The van der Waals surface area contributed by atoms with Crippen LogP contribution in [0.3, 0.4) is 0 Å². The van der Waals surface area contributed by atoms with Gasteiger partial charge in [0.15, 0.2) is 0 Å². The molecule has 0 radical (unpaired) electrons. The Hall–Kier alpha value is -2.15. The topological polar surface area (TPSA) is 84.8 Å². The molecule has 2 rings (SSSR count). The van der Waals surface area contributed by atoms with E-state index in [0.717, 1.165) is 6.21 Å². The fourth-order valence-electron chi connectivity index (χ4n) is 1.58. The van der Waals surface area contributed by atoms with Gasteiger partial charge in [-0.3, -0.25) is 4.72 Å². The van der Waals surface area contributed by atoms with Crippen LogP contribution in [0.1, 0.15) is 12.5 Å². The van der Waals surface area contributed by atoms with Crippen molar-refractivity contribution in [1.82, 2.24) is 4.72 Å². The molecular formula is C12H12N2O4S. The summed E-state index contributed by atoms with van der Waals surface area (Å²) in [5, 5.41) is 0. The molecule has 0 saturated carbocycles. The molecule has 0 bridgehead atoms. The highest BCUT2D eigenvalue weighted by atomic mass is 32.2. The normalized spacial score (nSPS) is 16.9. The Bertz CT molecular complexity index is 648. The SMILES string of the molecule is CCOC(=O)C1=C(c2ccccc2)NS(=O)(=O)N=C1. The summed E-state index contributed by atoms with van der Waals surface area (Å²) in [7, 11) is -3.81. The summed E-state index contributed by atoms with van der Waals surface area (Å²) < 4.78 is 33.4. The molecule has 19 heavy (non-hydrogen) atoms. The molecule has 100 valence electrons. The Labute approximate surface area is 111 Å². The van der Waals surface area contributed by atoms with Gasteiger partial charge in [0, 0.05) is 0 Å². The van der Waals surface area contributed by atoms with Crippen molar-refractivity contribution in [2.24, 2.45) is 4.40 Å². The molecule has 0 spiro atoms. The highest BCUT2D eigenvalue weighted by Gasteiger charge is 2.24. The molecule has 7 heteroatoms. The van der Waals surface area contributed by atoms with Crippen molar-refractivity contribution in [2.75, 3.05) is 6.61 Å².